The quantitative estimate of drug-likeness (QED) is 0.711. The second-order valence-electron chi connectivity index (χ2n) is 4.80. The third kappa shape index (κ3) is 2.16. The van der Waals surface area contributed by atoms with Crippen LogP contribution in [0.5, 0.6) is 0 Å². The predicted octanol–water partition coefficient (Wildman–Crippen LogP) is 2.39. The summed E-state index contributed by atoms with van der Waals surface area (Å²) in [5, 5.41) is 2.77. The molecular formula is C16H16N3O+. The summed E-state index contributed by atoms with van der Waals surface area (Å²) in [6, 6.07) is 14.0. The van der Waals surface area contributed by atoms with E-state index in [1.165, 1.54) is 6.92 Å². The highest BCUT2D eigenvalue weighted by atomic mass is 16.1. The Morgan fingerprint density at radius 3 is 2.55 bits per heavy atom. The Balaban J connectivity index is 2.02. The minimum Gasteiger partial charge on any atom is -0.326 e. The van der Waals surface area contributed by atoms with Gasteiger partial charge in [0.05, 0.1) is 13.2 Å². The predicted molar refractivity (Wildman–Crippen MR) is 78.3 cm³/mol. The van der Waals surface area contributed by atoms with Gasteiger partial charge in [-0.05, 0) is 30.3 Å². The van der Waals surface area contributed by atoms with Crippen LogP contribution in [-0.2, 0) is 11.8 Å². The van der Waals surface area contributed by atoms with E-state index in [4.69, 9.17) is 0 Å². The molecule has 0 saturated carbocycles. The largest absolute Gasteiger partial charge is 0.326 e. The van der Waals surface area contributed by atoms with Crippen molar-refractivity contribution in [1.29, 1.82) is 0 Å². The Labute approximate surface area is 117 Å². The number of nitrogens with one attached hydrogen (secondary N) is 1. The number of anilines is 1. The third-order valence-electron chi connectivity index (χ3n) is 3.34. The molecule has 0 fully saturated rings. The summed E-state index contributed by atoms with van der Waals surface area (Å²) in [6.45, 7) is 1.51. The van der Waals surface area contributed by atoms with E-state index in [-0.39, 0.29) is 5.91 Å². The lowest BCUT2D eigenvalue weighted by atomic mass is 10.1. The lowest BCUT2D eigenvalue weighted by Gasteiger charge is -2.02. The molecule has 3 rings (SSSR count). The zero-order valence-corrected chi connectivity index (χ0v) is 11.5. The molecule has 1 N–H and O–H groups in total. The standard InChI is InChI=1S/C16H15N3O/c1-12(20)17-14-8-6-13(7-9-14)15-11-19-10-4-3-5-16(19)18(15)2/h3-11H,1-2H3/p+1. The molecule has 0 saturated heterocycles. The van der Waals surface area contributed by atoms with Crippen LogP contribution in [-0.4, -0.2) is 10.5 Å². The molecule has 0 aliphatic carbocycles. The van der Waals surface area contributed by atoms with Crippen molar-refractivity contribution in [2.24, 2.45) is 7.05 Å². The van der Waals surface area contributed by atoms with Crippen LogP contribution in [0, 0.1) is 0 Å². The summed E-state index contributed by atoms with van der Waals surface area (Å²) >= 11 is 0. The van der Waals surface area contributed by atoms with E-state index in [0.29, 0.717) is 0 Å². The van der Waals surface area contributed by atoms with Gasteiger partial charge >= 0.3 is 0 Å². The first-order valence-electron chi connectivity index (χ1n) is 6.49. The minimum atomic E-state index is -0.0575. The molecule has 0 radical (unpaired) electrons. The summed E-state index contributed by atoms with van der Waals surface area (Å²) in [6.07, 6.45) is 4.13. The Bertz CT molecular complexity index is 772. The van der Waals surface area contributed by atoms with Crippen LogP contribution >= 0.6 is 0 Å². The molecule has 3 aromatic rings. The monoisotopic (exact) mass is 266 g/mol. The van der Waals surface area contributed by atoms with Gasteiger partial charge in [-0.3, -0.25) is 4.79 Å². The fraction of sp³-hybridized carbons (Fsp3) is 0.125. The van der Waals surface area contributed by atoms with Crippen LogP contribution in [0.15, 0.2) is 54.9 Å². The molecule has 0 aliphatic heterocycles. The Morgan fingerprint density at radius 2 is 1.90 bits per heavy atom. The van der Waals surface area contributed by atoms with Crippen LogP contribution in [0.2, 0.25) is 0 Å². The van der Waals surface area contributed by atoms with Gasteiger partial charge in [-0.1, -0.05) is 6.07 Å². The topological polar surface area (TPSA) is 38.1 Å². The van der Waals surface area contributed by atoms with Crippen molar-refractivity contribution in [3.05, 3.63) is 54.9 Å². The maximum Gasteiger partial charge on any atom is 0.286 e. The number of imidazole rings is 1. The fourth-order valence-electron chi connectivity index (χ4n) is 2.38. The normalized spacial score (nSPS) is 10.7. The molecule has 4 nitrogen and oxygen atoms in total. The van der Waals surface area contributed by atoms with Gasteiger partial charge in [-0.2, -0.15) is 0 Å². The average molecular weight is 266 g/mol. The number of pyridine rings is 1. The smallest absolute Gasteiger partial charge is 0.286 e. The number of nitrogens with zero attached hydrogens (tertiary/aromatic N) is 2. The van der Waals surface area contributed by atoms with Crippen molar-refractivity contribution in [3.8, 4) is 11.3 Å². The zero-order valence-electron chi connectivity index (χ0n) is 11.5. The Hall–Kier alpha value is -2.62. The maximum absolute atomic E-state index is 11.0. The van der Waals surface area contributed by atoms with Crippen LogP contribution in [0.25, 0.3) is 16.9 Å². The molecule has 100 valence electrons. The van der Waals surface area contributed by atoms with Gasteiger partial charge in [0.2, 0.25) is 5.91 Å². The number of aromatic nitrogens is 2. The zero-order chi connectivity index (χ0) is 14.1. The molecular weight excluding hydrogens is 250 g/mol. The number of fused-ring (bicyclic) bond motifs is 1. The molecule has 1 aromatic carbocycles. The van der Waals surface area contributed by atoms with Crippen LogP contribution < -0.4 is 9.72 Å². The van der Waals surface area contributed by atoms with Crippen molar-refractivity contribution in [3.63, 3.8) is 0 Å². The molecule has 0 spiro atoms. The lowest BCUT2D eigenvalue weighted by molar-refractivity contribution is -0.510. The minimum absolute atomic E-state index is 0.0575. The number of amides is 1. The van der Waals surface area contributed by atoms with E-state index in [1.54, 1.807) is 0 Å². The molecule has 2 aromatic heterocycles. The first kappa shape index (κ1) is 12.4. The number of benzene rings is 1. The van der Waals surface area contributed by atoms with Gasteiger partial charge in [0, 0.05) is 24.2 Å². The van der Waals surface area contributed by atoms with Gasteiger partial charge in [0.25, 0.3) is 5.65 Å². The molecule has 0 unspecified atom stereocenters. The second-order valence-corrected chi connectivity index (χ2v) is 4.80. The van der Waals surface area contributed by atoms with Gasteiger partial charge in [-0.25, -0.2) is 8.97 Å². The van der Waals surface area contributed by atoms with Crippen molar-refractivity contribution in [2.45, 2.75) is 6.92 Å². The first-order valence-corrected chi connectivity index (χ1v) is 6.49. The van der Waals surface area contributed by atoms with Gasteiger partial charge in [-0.15, -0.1) is 0 Å². The Kier molecular flexibility index (Phi) is 2.99. The highest BCUT2D eigenvalue weighted by Crippen LogP contribution is 2.21. The number of hydrogen-bond acceptors (Lipinski definition) is 1. The molecule has 4 heteroatoms. The number of aryl methyl sites for hydroxylation is 1. The number of rotatable bonds is 2. The van der Waals surface area contributed by atoms with E-state index < -0.39 is 0 Å². The van der Waals surface area contributed by atoms with Crippen LogP contribution in [0.3, 0.4) is 0 Å². The average Bonchev–Trinajstić information content (AvgIpc) is 2.77. The third-order valence-corrected chi connectivity index (χ3v) is 3.34. The summed E-state index contributed by atoms with van der Waals surface area (Å²) in [5.74, 6) is -0.0575. The molecule has 0 bridgehead atoms. The summed E-state index contributed by atoms with van der Waals surface area (Å²) in [4.78, 5) is 11.0. The van der Waals surface area contributed by atoms with E-state index in [9.17, 15) is 4.79 Å². The van der Waals surface area contributed by atoms with Crippen molar-refractivity contribution in [2.75, 3.05) is 5.32 Å². The summed E-state index contributed by atoms with van der Waals surface area (Å²) in [7, 11) is 2.05. The molecule has 2 heterocycles. The number of carbonyl (C=O) groups is 1. The first-order chi connectivity index (χ1) is 9.65. The van der Waals surface area contributed by atoms with E-state index in [0.717, 1.165) is 22.6 Å². The second kappa shape index (κ2) is 4.81. The number of hydrogen-bond donors (Lipinski definition) is 1. The molecule has 20 heavy (non-hydrogen) atoms. The van der Waals surface area contributed by atoms with E-state index in [2.05, 4.69) is 26.5 Å². The molecule has 0 atom stereocenters. The van der Waals surface area contributed by atoms with Crippen LogP contribution in [0.4, 0.5) is 5.69 Å². The molecule has 1 amide bonds. The maximum atomic E-state index is 11.0. The van der Waals surface area contributed by atoms with Crippen molar-refractivity contribution < 1.29 is 9.20 Å². The summed E-state index contributed by atoms with van der Waals surface area (Å²) < 4.78 is 4.24. The fourth-order valence-corrected chi connectivity index (χ4v) is 2.38. The highest BCUT2D eigenvalue weighted by molar-refractivity contribution is 5.88. The van der Waals surface area contributed by atoms with Gasteiger partial charge < -0.3 is 5.32 Å². The van der Waals surface area contributed by atoms with Crippen molar-refractivity contribution in [1.82, 2.24) is 4.57 Å². The van der Waals surface area contributed by atoms with Gasteiger partial charge in [0.15, 0.2) is 5.69 Å². The Morgan fingerprint density at radius 1 is 1.15 bits per heavy atom. The van der Waals surface area contributed by atoms with Gasteiger partial charge in [0.1, 0.15) is 6.20 Å². The summed E-state index contributed by atoms with van der Waals surface area (Å²) in [5.41, 5.74) is 4.19. The lowest BCUT2D eigenvalue weighted by Crippen LogP contribution is -2.17. The van der Waals surface area contributed by atoms with Crippen molar-refractivity contribution >= 4 is 17.2 Å². The van der Waals surface area contributed by atoms with Crippen LogP contribution in [0.1, 0.15) is 6.92 Å². The molecule has 0 aliphatic rings. The van der Waals surface area contributed by atoms with E-state index in [1.807, 2.05) is 49.6 Å². The SMILES string of the molecule is CC(=O)Nc1ccc(-c2c[n+]3ccccc3n2C)cc1. The number of carbonyl (C=O) groups excluding carboxylic acids is 1. The highest BCUT2D eigenvalue weighted by Gasteiger charge is 2.14. The van der Waals surface area contributed by atoms with E-state index >= 15 is 0 Å².